The van der Waals surface area contributed by atoms with Crippen LogP contribution in [0.1, 0.15) is 36.5 Å². The molecule has 1 aliphatic heterocycles. The van der Waals surface area contributed by atoms with Crippen LogP contribution in [0.25, 0.3) is 0 Å². The predicted molar refractivity (Wildman–Crippen MR) is 124 cm³/mol. The number of aliphatic hydroxyl groups is 1. The van der Waals surface area contributed by atoms with Crippen molar-refractivity contribution in [1.29, 1.82) is 0 Å². The first kappa shape index (κ1) is 23.6. The highest BCUT2D eigenvalue weighted by Crippen LogP contribution is 2.34. The number of hydrogen-bond acceptors (Lipinski definition) is 7. The van der Waals surface area contributed by atoms with E-state index in [2.05, 4.69) is 27.1 Å². The monoisotopic (exact) mass is 443 g/mol. The molecule has 0 saturated carbocycles. The van der Waals surface area contributed by atoms with Crippen LogP contribution in [-0.2, 0) is 6.54 Å². The number of anilines is 1. The molecule has 1 heterocycles. The van der Waals surface area contributed by atoms with Gasteiger partial charge in [-0.3, -0.25) is 4.90 Å². The molecule has 32 heavy (non-hydrogen) atoms. The minimum atomic E-state index is -0.539. The third-order valence-electron chi connectivity index (χ3n) is 5.52. The first-order valence-corrected chi connectivity index (χ1v) is 10.6. The van der Waals surface area contributed by atoms with Crippen molar-refractivity contribution >= 4 is 18.2 Å². The second-order valence-corrected chi connectivity index (χ2v) is 8.02. The average molecular weight is 444 g/mol. The Balaban J connectivity index is 1.96. The Bertz CT molecular complexity index is 990. The smallest absolute Gasteiger partial charge is 0.168 e. The van der Waals surface area contributed by atoms with Crippen LogP contribution < -0.4 is 10.2 Å². The Kier molecular flexibility index (Phi) is 7.79. The Hall–Kier alpha value is -3.01. The van der Waals surface area contributed by atoms with Crippen LogP contribution in [0.4, 0.5) is 10.1 Å². The van der Waals surface area contributed by atoms with Crippen LogP contribution in [0.5, 0.6) is 11.5 Å². The molecule has 3 rings (SSSR count). The number of piperazine rings is 1. The zero-order valence-corrected chi connectivity index (χ0v) is 18.4. The summed E-state index contributed by atoms with van der Waals surface area (Å²) in [4.78, 5) is 3.50. The molecule has 0 aliphatic carbocycles. The SMILES string of the molecule is C=N/N=C(/c1cc(C(C)C)c(O)cc1O)N(CO)c1ccc(CN2CCNCC2)c(F)c1. The minimum absolute atomic E-state index is 0.0309. The van der Waals surface area contributed by atoms with Crippen LogP contribution in [0, 0.1) is 5.82 Å². The largest absolute Gasteiger partial charge is 0.508 e. The van der Waals surface area contributed by atoms with Gasteiger partial charge in [-0.2, -0.15) is 5.10 Å². The van der Waals surface area contributed by atoms with E-state index >= 15 is 0 Å². The molecular formula is C23H30FN5O3. The van der Waals surface area contributed by atoms with Crippen molar-refractivity contribution in [2.45, 2.75) is 26.3 Å². The van der Waals surface area contributed by atoms with Crippen molar-refractivity contribution in [3.63, 3.8) is 0 Å². The van der Waals surface area contributed by atoms with Gasteiger partial charge in [-0.1, -0.05) is 19.9 Å². The van der Waals surface area contributed by atoms with E-state index in [0.29, 0.717) is 23.4 Å². The van der Waals surface area contributed by atoms with Gasteiger partial charge in [0.25, 0.3) is 0 Å². The highest BCUT2D eigenvalue weighted by atomic mass is 19.1. The fourth-order valence-corrected chi connectivity index (χ4v) is 3.77. The van der Waals surface area contributed by atoms with Crippen molar-refractivity contribution in [2.75, 3.05) is 37.8 Å². The Morgan fingerprint density at radius 3 is 2.50 bits per heavy atom. The lowest BCUT2D eigenvalue weighted by Crippen LogP contribution is -2.43. The molecule has 0 spiro atoms. The fraction of sp³-hybridized carbons (Fsp3) is 0.391. The number of phenols is 2. The first-order chi connectivity index (χ1) is 15.3. The molecule has 0 aromatic heterocycles. The van der Waals surface area contributed by atoms with Gasteiger partial charge in [-0.15, -0.1) is 5.10 Å². The number of nitrogens with one attached hydrogen (secondary N) is 1. The van der Waals surface area contributed by atoms with Gasteiger partial charge in [0.15, 0.2) is 5.84 Å². The second-order valence-electron chi connectivity index (χ2n) is 8.02. The molecule has 1 fully saturated rings. The standard InChI is InChI=1S/C23H30FN5O3/c1-15(2)18-11-19(22(32)12-21(18)31)23(27-25-3)29(14-30)17-5-4-16(20(24)10-17)13-28-8-6-26-7-9-28/h4-5,10-12,15,26,30-32H,3,6-9,13-14H2,1-2H3/b27-23-. The zero-order valence-electron chi connectivity index (χ0n) is 18.4. The Morgan fingerprint density at radius 2 is 1.91 bits per heavy atom. The summed E-state index contributed by atoms with van der Waals surface area (Å²) in [6.45, 7) is 10.6. The van der Waals surface area contributed by atoms with Crippen molar-refractivity contribution in [3.8, 4) is 11.5 Å². The lowest BCUT2D eigenvalue weighted by molar-refractivity contribution is 0.230. The molecule has 2 aromatic rings. The summed E-state index contributed by atoms with van der Waals surface area (Å²) in [5, 5.41) is 41.6. The lowest BCUT2D eigenvalue weighted by atomic mass is 9.98. The van der Waals surface area contributed by atoms with Crippen molar-refractivity contribution in [1.82, 2.24) is 10.2 Å². The molecule has 0 atom stereocenters. The maximum atomic E-state index is 14.9. The van der Waals surface area contributed by atoms with E-state index < -0.39 is 12.5 Å². The van der Waals surface area contributed by atoms with Gasteiger partial charge in [0.1, 0.15) is 24.0 Å². The third kappa shape index (κ3) is 5.24. The number of aliphatic hydroxyl groups excluding tert-OH is 1. The molecule has 1 aliphatic rings. The molecule has 0 unspecified atom stereocenters. The summed E-state index contributed by atoms with van der Waals surface area (Å²) in [5.74, 6) is -0.648. The normalized spacial score (nSPS) is 15.2. The molecule has 1 saturated heterocycles. The topological polar surface area (TPSA) is 104 Å². The first-order valence-electron chi connectivity index (χ1n) is 10.6. The second kappa shape index (κ2) is 10.5. The fourth-order valence-electron chi connectivity index (χ4n) is 3.77. The van der Waals surface area contributed by atoms with Crippen LogP contribution in [0.15, 0.2) is 40.5 Å². The summed E-state index contributed by atoms with van der Waals surface area (Å²) >= 11 is 0. The van der Waals surface area contributed by atoms with Gasteiger partial charge in [0.2, 0.25) is 0 Å². The van der Waals surface area contributed by atoms with E-state index in [1.165, 1.54) is 17.0 Å². The van der Waals surface area contributed by atoms with E-state index in [1.807, 2.05) is 13.8 Å². The molecule has 9 heteroatoms. The average Bonchev–Trinajstić information content (AvgIpc) is 2.76. The summed E-state index contributed by atoms with van der Waals surface area (Å²) in [7, 11) is 0. The number of nitrogens with zero attached hydrogens (tertiary/aromatic N) is 4. The number of hydrogen-bond donors (Lipinski definition) is 4. The molecule has 0 bridgehead atoms. The molecule has 0 radical (unpaired) electrons. The van der Waals surface area contributed by atoms with Gasteiger partial charge in [-0.05, 0) is 29.7 Å². The minimum Gasteiger partial charge on any atom is -0.508 e. The number of amidine groups is 1. The summed E-state index contributed by atoms with van der Waals surface area (Å²) < 4.78 is 14.9. The predicted octanol–water partition coefficient (Wildman–Crippen LogP) is 2.58. The quantitative estimate of drug-likeness (QED) is 0.227. The van der Waals surface area contributed by atoms with Crippen LogP contribution in [0.3, 0.4) is 0 Å². The molecule has 8 nitrogen and oxygen atoms in total. The van der Waals surface area contributed by atoms with Gasteiger partial charge in [0.05, 0.1) is 5.56 Å². The number of phenolic OH excluding ortho intramolecular Hbond substituents is 2. The van der Waals surface area contributed by atoms with E-state index in [-0.39, 0.29) is 28.8 Å². The highest BCUT2D eigenvalue weighted by Gasteiger charge is 2.23. The van der Waals surface area contributed by atoms with Crippen molar-refractivity contribution in [3.05, 3.63) is 52.8 Å². The molecule has 4 N–H and O–H groups in total. The molecular weight excluding hydrogens is 413 g/mol. The summed E-state index contributed by atoms with van der Waals surface area (Å²) in [6.07, 6.45) is 0. The number of halogens is 1. The molecule has 0 amide bonds. The Labute approximate surface area is 187 Å². The third-order valence-corrected chi connectivity index (χ3v) is 5.52. The van der Waals surface area contributed by atoms with Gasteiger partial charge in [-0.25, -0.2) is 4.39 Å². The molecule has 2 aromatic carbocycles. The lowest BCUT2D eigenvalue weighted by Gasteiger charge is -2.28. The van der Waals surface area contributed by atoms with Crippen LogP contribution in [-0.4, -0.2) is 65.7 Å². The number of aromatic hydroxyl groups is 2. The van der Waals surface area contributed by atoms with E-state index in [1.54, 1.807) is 18.2 Å². The van der Waals surface area contributed by atoms with E-state index in [4.69, 9.17) is 0 Å². The van der Waals surface area contributed by atoms with Gasteiger partial charge < -0.3 is 25.5 Å². The van der Waals surface area contributed by atoms with Crippen molar-refractivity contribution < 1.29 is 19.7 Å². The Morgan fingerprint density at radius 1 is 1.19 bits per heavy atom. The highest BCUT2D eigenvalue weighted by molar-refractivity contribution is 6.11. The van der Waals surface area contributed by atoms with Gasteiger partial charge >= 0.3 is 0 Å². The zero-order chi connectivity index (χ0) is 23.3. The maximum absolute atomic E-state index is 14.9. The maximum Gasteiger partial charge on any atom is 0.168 e. The van der Waals surface area contributed by atoms with E-state index in [9.17, 15) is 19.7 Å². The van der Waals surface area contributed by atoms with Crippen LogP contribution in [0.2, 0.25) is 0 Å². The molecule has 172 valence electrons. The summed E-state index contributed by atoms with van der Waals surface area (Å²) in [6, 6.07) is 7.50. The van der Waals surface area contributed by atoms with Crippen LogP contribution >= 0.6 is 0 Å². The van der Waals surface area contributed by atoms with Crippen molar-refractivity contribution in [2.24, 2.45) is 10.2 Å². The number of rotatable bonds is 7. The summed E-state index contributed by atoms with van der Waals surface area (Å²) in [5.41, 5.74) is 1.72. The van der Waals surface area contributed by atoms with Gasteiger partial charge in [0, 0.05) is 56.8 Å². The van der Waals surface area contributed by atoms with E-state index in [0.717, 1.165) is 26.2 Å². The number of benzene rings is 2.